The van der Waals surface area contributed by atoms with Crippen LogP contribution in [0.25, 0.3) is 230 Å². The van der Waals surface area contributed by atoms with Crippen molar-refractivity contribution >= 4 is 118 Å². The summed E-state index contributed by atoms with van der Waals surface area (Å²) in [4.78, 5) is 0. The average Bonchev–Trinajstić information content (AvgIpc) is 0.741. The van der Waals surface area contributed by atoms with E-state index in [4.69, 9.17) is 0 Å². The second-order valence-corrected chi connectivity index (χ2v) is 31.4. The van der Waals surface area contributed by atoms with Crippen LogP contribution in [-0.2, 0) is 98.1 Å². The van der Waals surface area contributed by atoms with Crippen molar-refractivity contribution in [2.24, 2.45) is 0 Å². The molecule has 0 fully saturated rings. The van der Waals surface area contributed by atoms with Crippen molar-refractivity contribution in [3.63, 3.8) is 0 Å². The molecule has 0 saturated carbocycles. The largest absolute Gasteiger partial charge is 0.226 e. The van der Waals surface area contributed by atoms with Gasteiger partial charge in [0.2, 0.25) is 0 Å². The maximum atomic E-state index is 3.86. The predicted octanol–water partition coefficient (Wildman–Crippen LogP) is 33.2. The Balaban J connectivity index is 0.000000122. The van der Waals surface area contributed by atoms with Crippen LogP contribution in [-0.4, -0.2) is 0 Å². The molecule has 0 aromatic heterocycles. The number of benzene rings is 24. The second kappa shape index (κ2) is 36.3. The van der Waals surface area contributed by atoms with Crippen LogP contribution in [0, 0.1) is 36.4 Å². The van der Waals surface area contributed by atoms with Crippen molar-refractivity contribution in [1.29, 1.82) is 0 Å². The van der Waals surface area contributed by atoms with Crippen molar-refractivity contribution in [3.8, 4) is 111 Å². The van der Waals surface area contributed by atoms with Gasteiger partial charge in [0.1, 0.15) is 0 Å². The molecule has 125 heavy (non-hydrogen) atoms. The second-order valence-electron chi connectivity index (χ2n) is 31.4. The van der Waals surface area contributed by atoms with Gasteiger partial charge in [-0.25, -0.2) is 22.3 Å². The Bertz CT molecular complexity index is 8020. The Morgan fingerprint density at radius 3 is 1.09 bits per heavy atom. The van der Waals surface area contributed by atoms with Crippen LogP contribution in [0.2, 0.25) is 0 Å². The molecule has 0 bridgehead atoms. The summed E-state index contributed by atoms with van der Waals surface area (Å²) in [5, 5.41) is 27.2. The Morgan fingerprint density at radius 2 is 0.528 bits per heavy atom. The number of fused-ring (bicyclic) bond motifs is 11. The van der Waals surface area contributed by atoms with E-state index >= 15 is 0 Å². The molecule has 577 valence electrons. The molecule has 0 N–H and O–H groups in total. The SMILES string of the molecule is [Y].[Y].[Y].[c-]1ccc(-c2c3ccccc3c(-c3ccccc3)c3ccccc23)cc1-c1[c-]cc2ccccc2c1.[c-]1ccccc1-c1[c-]c(-c2c3ccccc3c(-c3ccc4ccccc4c3)c3ccccc23)c2ccccc2c1.[c-]1ccccc1-c1[c-]c2ccccc2c(-c2cccc(-c3c4ccccc4c(-c4cccc5ccccc45)c4ccccc34)c2)c1. The van der Waals surface area contributed by atoms with Gasteiger partial charge < -0.3 is 0 Å². The zero-order chi connectivity index (χ0) is 80.8. The van der Waals surface area contributed by atoms with E-state index in [1.165, 1.54) is 185 Å². The Kier molecular flexibility index (Phi) is 23.9. The molecular formula is C122H74Y3-6. The molecule has 3 heteroatoms. The van der Waals surface area contributed by atoms with Crippen LogP contribution < -0.4 is 0 Å². The van der Waals surface area contributed by atoms with E-state index in [-0.39, 0.29) is 98.1 Å². The molecule has 0 unspecified atom stereocenters. The van der Waals surface area contributed by atoms with Gasteiger partial charge in [-0.1, -0.05) is 367 Å². The standard InChI is InChI=1S/C46H28.C40H24.C36H22.3Y/c1-2-14-31(15-3-1)36-29-33-17-5-7-22-38(33)44(30-36)34-19-12-20-35(28-34)45-40-23-8-10-25-42(40)46(43-26-11-9-24-41(43)45)39-27-13-18-32-16-4-6-21-37(32)39;1-2-12-27(13-3-1)32-25-30-16-6-7-17-33(30)38(26-32)40-36-20-10-8-18-34(36)39(35-19-9-11-21-37(35)40)31-23-22-28-14-4-5-15-29(28)24-31;1-2-12-26(13-3-1)35-31-17-6-8-19-33(31)36(34-20-9-7-18-32(34)35)30-16-10-15-28(24-30)29-22-21-25-11-4-5-14-27(25)23-29;;;/h1-14,16-28,30H;1-12,14-25H;1-14,16-21,23-24H;;;/q3*-2;;;. The van der Waals surface area contributed by atoms with Crippen molar-refractivity contribution in [2.45, 2.75) is 0 Å². The van der Waals surface area contributed by atoms with Crippen LogP contribution in [0.3, 0.4) is 0 Å². The molecule has 0 heterocycles. The van der Waals surface area contributed by atoms with E-state index in [1.54, 1.807) is 0 Å². The smallest absolute Gasteiger partial charge is 0 e. The quantitative estimate of drug-likeness (QED) is 0.0946. The van der Waals surface area contributed by atoms with Crippen molar-refractivity contribution in [3.05, 3.63) is 485 Å². The van der Waals surface area contributed by atoms with E-state index < -0.39 is 0 Å². The monoisotopic (exact) mass is 1810 g/mol. The topological polar surface area (TPSA) is 0 Å². The molecule has 0 aliphatic carbocycles. The van der Waals surface area contributed by atoms with E-state index in [0.29, 0.717) is 0 Å². The minimum absolute atomic E-state index is 0. The van der Waals surface area contributed by atoms with Crippen LogP contribution in [0.4, 0.5) is 0 Å². The third-order valence-electron chi connectivity index (χ3n) is 24.3. The van der Waals surface area contributed by atoms with Gasteiger partial charge in [-0.15, -0.1) is 57.6 Å². The summed E-state index contributed by atoms with van der Waals surface area (Å²) >= 11 is 0. The Hall–Kier alpha value is -12.5. The minimum atomic E-state index is 0. The molecule has 0 spiro atoms. The third kappa shape index (κ3) is 15.6. The summed E-state index contributed by atoms with van der Waals surface area (Å²) in [5.41, 5.74) is 23.6. The fraction of sp³-hybridized carbons (Fsp3) is 0. The van der Waals surface area contributed by atoms with Crippen LogP contribution in [0.5, 0.6) is 0 Å². The van der Waals surface area contributed by atoms with Gasteiger partial charge in [0, 0.05) is 98.1 Å². The summed E-state index contributed by atoms with van der Waals surface area (Å²) in [7, 11) is 0. The minimum Gasteiger partial charge on any atom is -0.226 e. The molecule has 0 amide bonds. The van der Waals surface area contributed by atoms with Gasteiger partial charge in [-0.2, -0.15) is 114 Å². The Labute approximate surface area is 804 Å². The molecule has 24 rings (SSSR count). The number of hydrogen-bond acceptors (Lipinski definition) is 0. The van der Waals surface area contributed by atoms with Gasteiger partial charge in [0.15, 0.2) is 0 Å². The fourth-order valence-electron chi connectivity index (χ4n) is 18.8. The van der Waals surface area contributed by atoms with Gasteiger partial charge in [-0.05, 0) is 154 Å². The van der Waals surface area contributed by atoms with Gasteiger partial charge in [0.25, 0.3) is 0 Å². The van der Waals surface area contributed by atoms with Gasteiger partial charge >= 0.3 is 0 Å². The summed E-state index contributed by atoms with van der Waals surface area (Å²) in [6.45, 7) is 0. The van der Waals surface area contributed by atoms with Crippen LogP contribution >= 0.6 is 0 Å². The summed E-state index contributed by atoms with van der Waals surface area (Å²) in [5.74, 6) is 0. The fourth-order valence-corrected chi connectivity index (χ4v) is 18.8. The number of rotatable bonds is 10. The summed E-state index contributed by atoms with van der Waals surface area (Å²) < 4.78 is 0. The maximum Gasteiger partial charge on any atom is 0 e. The normalized spacial score (nSPS) is 11.2. The van der Waals surface area contributed by atoms with Crippen molar-refractivity contribution < 1.29 is 98.1 Å². The molecule has 24 aromatic carbocycles. The van der Waals surface area contributed by atoms with E-state index in [1.807, 2.05) is 30.3 Å². The average molecular weight is 1810 g/mol. The zero-order valence-electron chi connectivity index (χ0n) is 68.5. The third-order valence-corrected chi connectivity index (χ3v) is 24.3. The molecule has 0 nitrogen and oxygen atoms in total. The van der Waals surface area contributed by atoms with Crippen LogP contribution in [0.1, 0.15) is 0 Å². The maximum absolute atomic E-state index is 3.86. The number of hydrogen-bond donors (Lipinski definition) is 0. The first-order valence-electron chi connectivity index (χ1n) is 41.8. The van der Waals surface area contributed by atoms with E-state index in [9.17, 15) is 0 Å². The van der Waals surface area contributed by atoms with Crippen LogP contribution in [0.15, 0.2) is 449 Å². The van der Waals surface area contributed by atoms with Crippen molar-refractivity contribution in [1.82, 2.24) is 0 Å². The molecule has 0 saturated heterocycles. The Morgan fingerprint density at radius 1 is 0.152 bits per heavy atom. The van der Waals surface area contributed by atoms with Gasteiger partial charge in [-0.3, -0.25) is 0 Å². The first kappa shape index (κ1) is 82.1. The molecule has 0 aliphatic heterocycles. The molecule has 24 aromatic rings. The van der Waals surface area contributed by atoms with Crippen molar-refractivity contribution in [2.75, 3.05) is 0 Å². The first-order valence-corrected chi connectivity index (χ1v) is 41.8. The van der Waals surface area contributed by atoms with E-state index in [2.05, 4.69) is 455 Å². The molecule has 3 radical (unpaired) electrons. The van der Waals surface area contributed by atoms with E-state index in [0.717, 1.165) is 44.3 Å². The molecule has 0 aliphatic rings. The molecule has 0 atom stereocenters. The first-order chi connectivity index (χ1) is 60.5. The van der Waals surface area contributed by atoms with Gasteiger partial charge in [0.05, 0.1) is 0 Å². The summed E-state index contributed by atoms with van der Waals surface area (Å²) in [6, 6.07) is 182. The zero-order valence-corrected chi connectivity index (χ0v) is 77.0. The summed E-state index contributed by atoms with van der Waals surface area (Å²) in [6.07, 6.45) is 0. The predicted molar refractivity (Wildman–Crippen MR) is 519 cm³/mol. The molecular weight excluding hydrogens is 1730 g/mol.